The molecule has 2 heteroatoms. The first-order valence-electron chi connectivity index (χ1n) is 3.82. The van der Waals surface area contributed by atoms with Gasteiger partial charge in [-0.1, -0.05) is 6.08 Å². The fraction of sp³-hybridized carbons (Fsp3) is 0.750. The molecule has 0 unspecified atom stereocenters. The lowest BCUT2D eigenvalue weighted by atomic mass is 9.82. The van der Waals surface area contributed by atoms with Crippen LogP contribution in [0.1, 0.15) is 12.8 Å². The van der Waals surface area contributed by atoms with E-state index in [1.807, 2.05) is 6.08 Å². The highest BCUT2D eigenvalue weighted by Crippen LogP contribution is 2.25. The zero-order valence-corrected chi connectivity index (χ0v) is 6.21. The molecule has 0 saturated heterocycles. The van der Waals surface area contributed by atoms with Gasteiger partial charge in [-0.3, -0.25) is 0 Å². The molecule has 1 rings (SSSR count). The van der Waals surface area contributed by atoms with E-state index in [-0.39, 0.29) is 6.10 Å². The molecule has 2 nitrogen and oxygen atoms in total. The van der Waals surface area contributed by atoms with Gasteiger partial charge in [0.05, 0.1) is 6.10 Å². The lowest BCUT2D eigenvalue weighted by Crippen LogP contribution is -2.36. The predicted octanol–water partition coefficient (Wildman–Crippen LogP) is 0.533. The molecule has 0 spiro atoms. The van der Waals surface area contributed by atoms with Crippen LogP contribution in [0.2, 0.25) is 0 Å². The predicted molar refractivity (Wildman–Crippen MR) is 41.8 cm³/mol. The summed E-state index contributed by atoms with van der Waals surface area (Å²) in [7, 11) is 0. The highest BCUT2D eigenvalue weighted by Gasteiger charge is 2.25. The molecule has 0 aromatic carbocycles. The molecule has 58 valence electrons. The molecule has 0 atom stereocenters. The Labute approximate surface area is 61.9 Å². The van der Waals surface area contributed by atoms with Crippen molar-refractivity contribution in [1.29, 1.82) is 0 Å². The van der Waals surface area contributed by atoms with Gasteiger partial charge in [0.15, 0.2) is 0 Å². The molecule has 0 heterocycles. The Morgan fingerprint density at radius 3 is 2.80 bits per heavy atom. The second-order valence-electron chi connectivity index (χ2n) is 2.94. The molecule has 0 aliphatic heterocycles. The quantitative estimate of drug-likeness (QED) is 0.442. The standard InChI is InChI=1S/C8H15NO/c1-2-3-9-6-7-4-8(10)5-7/h2,7-10H,1,3-6H2. The van der Waals surface area contributed by atoms with E-state index in [0.717, 1.165) is 25.9 Å². The normalized spacial score (nSPS) is 31.3. The van der Waals surface area contributed by atoms with E-state index in [0.29, 0.717) is 5.92 Å². The van der Waals surface area contributed by atoms with Crippen molar-refractivity contribution in [2.45, 2.75) is 18.9 Å². The maximum Gasteiger partial charge on any atom is 0.0546 e. The first kappa shape index (κ1) is 7.76. The minimum atomic E-state index is -0.0180. The van der Waals surface area contributed by atoms with Crippen molar-refractivity contribution in [1.82, 2.24) is 5.32 Å². The zero-order valence-electron chi connectivity index (χ0n) is 6.21. The summed E-state index contributed by atoms with van der Waals surface area (Å²) in [6.07, 6.45) is 3.79. The van der Waals surface area contributed by atoms with Crippen LogP contribution in [0.4, 0.5) is 0 Å². The summed E-state index contributed by atoms with van der Waals surface area (Å²) in [5.41, 5.74) is 0. The third-order valence-corrected chi connectivity index (χ3v) is 1.93. The number of hydrogen-bond donors (Lipinski definition) is 2. The van der Waals surface area contributed by atoms with Gasteiger partial charge in [-0.05, 0) is 25.3 Å². The highest BCUT2D eigenvalue weighted by molar-refractivity contribution is 4.81. The van der Waals surface area contributed by atoms with Crippen LogP contribution in [0.25, 0.3) is 0 Å². The van der Waals surface area contributed by atoms with Gasteiger partial charge in [-0.15, -0.1) is 6.58 Å². The van der Waals surface area contributed by atoms with Gasteiger partial charge in [0.25, 0.3) is 0 Å². The molecule has 0 bridgehead atoms. The Kier molecular flexibility index (Phi) is 2.90. The number of rotatable bonds is 4. The van der Waals surface area contributed by atoms with Crippen LogP contribution in [0, 0.1) is 5.92 Å². The fourth-order valence-corrected chi connectivity index (χ4v) is 1.26. The summed E-state index contributed by atoms with van der Waals surface area (Å²) in [6, 6.07) is 0. The Balaban J connectivity index is 1.90. The van der Waals surface area contributed by atoms with Crippen molar-refractivity contribution in [2.75, 3.05) is 13.1 Å². The van der Waals surface area contributed by atoms with Gasteiger partial charge in [-0.2, -0.15) is 0 Å². The van der Waals surface area contributed by atoms with Crippen LogP contribution in [-0.2, 0) is 0 Å². The maximum absolute atomic E-state index is 8.93. The van der Waals surface area contributed by atoms with E-state index in [1.165, 1.54) is 0 Å². The van der Waals surface area contributed by atoms with E-state index < -0.39 is 0 Å². The largest absolute Gasteiger partial charge is 0.393 e. The number of nitrogens with one attached hydrogen (secondary N) is 1. The van der Waals surface area contributed by atoms with Crippen LogP contribution >= 0.6 is 0 Å². The van der Waals surface area contributed by atoms with Crippen LogP contribution in [0.3, 0.4) is 0 Å². The molecule has 1 saturated carbocycles. The lowest BCUT2D eigenvalue weighted by Gasteiger charge is -2.31. The summed E-state index contributed by atoms with van der Waals surface area (Å²) in [4.78, 5) is 0. The van der Waals surface area contributed by atoms with Crippen molar-refractivity contribution in [2.24, 2.45) is 5.92 Å². The molecule has 0 aromatic rings. The summed E-state index contributed by atoms with van der Waals surface area (Å²) in [5.74, 6) is 0.704. The summed E-state index contributed by atoms with van der Waals surface area (Å²) < 4.78 is 0. The van der Waals surface area contributed by atoms with Gasteiger partial charge in [0.2, 0.25) is 0 Å². The zero-order chi connectivity index (χ0) is 7.40. The summed E-state index contributed by atoms with van der Waals surface area (Å²) >= 11 is 0. The smallest absolute Gasteiger partial charge is 0.0546 e. The molecule has 1 aliphatic rings. The van der Waals surface area contributed by atoms with Crippen molar-refractivity contribution in [3.05, 3.63) is 12.7 Å². The maximum atomic E-state index is 8.93. The second-order valence-corrected chi connectivity index (χ2v) is 2.94. The van der Waals surface area contributed by atoms with Crippen LogP contribution in [0.15, 0.2) is 12.7 Å². The molecule has 0 radical (unpaired) electrons. The molecule has 0 amide bonds. The van der Waals surface area contributed by atoms with Crippen LogP contribution in [-0.4, -0.2) is 24.3 Å². The average Bonchev–Trinajstić information content (AvgIpc) is 1.85. The van der Waals surface area contributed by atoms with Gasteiger partial charge >= 0.3 is 0 Å². The third-order valence-electron chi connectivity index (χ3n) is 1.93. The molecule has 1 fully saturated rings. The Hall–Kier alpha value is -0.340. The van der Waals surface area contributed by atoms with E-state index in [2.05, 4.69) is 11.9 Å². The van der Waals surface area contributed by atoms with Crippen molar-refractivity contribution >= 4 is 0 Å². The summed E-state index contributed by atoms with van der Waals surface area (Å²) in [6.45, 7) is 5.52. The molecular formula is C8H15NO. The van der Waals surface area contributed by atoms with E-state index in [1.54, 1.807) is 0 Å². The molecule has 10 heavy (non-hydrogen) atoms. The minimum Gasteiger partial charge on any atom is -0.393 e. The van der Waals surface area contributed by atoms with Crippen molar-refractivity contribution < 1.29 is 5.11 Å². The first-order valence-corrected chi connectivity index (χ1v) is 3.82. The van der Waals surface area contributed by atoms with E-state index in [4.69, 9.17) is 5.11 Å². The van der Waals surface area contributed by atoms with Gasteiger partial charge in [-0.25, -0.2) is 0 Å². The Bertz CT molecular complexity index is 108. The topological polar surface area (TPSA) is 32.3 Å². The minimum absolute atomic E-state index is 0.0180. The molecule has 1 aliphatic carbocycles. The second kappa shape index (κ2) is 3.74. The lowest BCUT2D eigenvalue weighted by molar-refractivity contribution is 0.0435. The van der Waals surface area contributed by atoms with E-state index in [9.17, 15) is 0 Å². The third kappa shape index (κ3) is 2.12. The van der Waals surface area contributed by atoms with Crippen LogP contribution < -0.4 is 5.32 Å². The monoisotopic (exact) mass is 141 g/mol. The van der Waals surface area contributed by atoms with Crippen molar-refractivity contribution in [3.63, 3.8) is 0 Å². The molecular weight excluding hydrogens is 126 g/mol. The number of hydrogen-bond acceptors (Lipinski definition) is 2. The van der Waals surface area contributed by atoms with Crippen molar-refractivity contribution in [3.8, 4) is 0 Å². The summed E-state index contributed by atoms with van der Waals surface area (Å²) in [5, 5.41) is 12.2. The number of aliphatic hydroxyl groups excluding tert-OH is 1. The number of aliphatic hydroxyl groups is 1. The van der Waals surface area contributed by atoms with Gasteiger partial charge in [0.1, 0.15) is 0 Å². The Morgan fingerprint density at radius 1 is 1.60 bits per heavy atom. The van der Waals surface area contributed by atoms with Gasteiger partial charge in [0, 0.05) is 6.54 Å². The molecule has 0 aromatic heterocycles. The average molecular weight is 141 g/mol. The SMILES string of the molecule is C=CCNCC1CC(O)C1. The highest BCUT2D eigenvalue weighted by atomic mass is 16.3. The van der Waals surface area contributed by atoms with Gasteiger partial charge < -0.3 is 10.4 Å². The van der Waals surface area contributed by atoms with Crippen LogP contribution in [0.5, 0.6) is 0 Å². The first-order chi connectivity index (χ1) is 4.83. The molecule has 2 N–H and O–H groups in total. The fourth-order valence-electron chi connectivity index (χ4n) is 1.26. The van der Waals surface area contributed by atoms with E-state index >= 15 is 0 Å². The Morgan fingerprint density at radius 2 is 2.30 bits per heavy atom.